The number of fused-ring (bicyclic) bond motifs is 5. The van der Waals surface area contributed by atoms with Crippen molar-refractivity contribution in [3.05, 3.63) is 101 Å². The van der Waals surface area contributed by atoms with Crippen molar-refractivity contribution in [1.29, 1.82) is 0 Å². The molecule has 6 aliphatic heterocycles. The van der Waals surface area contributed by atoms with Crippen LogP contribution in [0.15, 0.2) is 72.4 Å². The molecule has 0 spiro atoms. The van der Waals surface area contributed by atoms with Crippen molar-refractivity contribution in [2.75, 3.05) is 70.6 Å². The van der Waals surface area contributed by atoms with Crippen molar-refractivity contribution in [2.24, 2.45) is 11.3 Å². The van der Waals surface area contributed by atoms with Crippen molar-refractivity contribution in [2.45, 2.75) is 127 Å². The highest BCUT2D eigenvalue weighted by atomic mass is 32.1. The largest absolute Gasteiger partial charge is 0.508 e. The molecule has 6 saturated heterocycles. The number of likely N-dealkylation sites (tertiary alicyclic amines) is 2. The Hall–Kier alpha value is -7.88. The van der Waals surface area contributed by atoms with Crippen LogP contribution < -0.4 is 25.6 Å². The zero-order valence-electron chi connectivity index (χ0n) is 50.7. The maximum absolute atomic E-state index is 17.3. The molecule has 89 heavy (non-hydrogen) atoms. The number of aromatic hydroxyl groups is 1. The predicted octanol–water partition coefficient (Wildman–Crippen LogP) is 7.57. The fourth-order valence-corrected chi connectivity index (χ4v) is 14.9. The Morgan fingerprint density at radius 3 is 2.49 bits per heavy atom. The molecular formula is C66H75F2N11O9S. The number of rotatable bonds is 17. The van der Waals surface area contributed by atoms with E-state index in [1.54, 1.807) is 21.7 Å². The van der Waals surface area contributed by atoms with Gasteiger partial charge >= 0.3 is 12.1 Å². The number of phenolic OH excluding ortho intramolecular Hbond substituents is 1. The Bertz CT molecular complexity index is 3790. The minimum atomic E-state index is -1.03. The molecule has 0 radical (unpaired) electrons. The monoisotopic (exact) mass is 1240 g/mol. The van der Waals surface area contributed by atoms with Gasteiger partial charge in [0.2, 0.25) is 17.7 Å². The summed E-state index contributed by atoms with van der Waals surface area (Å²) in [7, 11) is 0. The summed E-state index contributed by atoms with van der Waals surface area (Å²) < 4.78 is 51.0. The molecule has 3 aromatic carbocycles. The van der Waals surface area contributed by atoms with Crippen LogP contribution in [0.4, 0.5) is 19.4 Å². The second-order valence-corrected chi connectivity index (χ2v) is 26.9. The van der Waals surface area contributed by atoms with E-state index in [1.165, 1.54) is 35.4 Å². The molecule has 0 saturated carbocycles. The quantitative estimate of drug-likeness (QED) is 0.0437. The number of hydrogen-bond acceptors (Lipinski definition) is 17. The molecule has 6 aliphatic rings. The number of amides is 4. The summed E-state index contributed by atoms with van der Waals surface area (Å²) in [5, 5.41) is 32.1. The molecule has 20 nitrogen and oxygen atoms in total. The number of β-amino-alcohol motifs (C(OH)–C–C–N with tert-alkyl or cyclic N) is 1. The Morgan fingerprint density at radius 2 is 1.76 bits per heavy atom. The van der Waals surface area contributed by atoms with E-state index in [9.17, 15) is 29.4 Å². The van der Waals surface area contributed by atoms with Crippen LogP contribution in [0.2, 0.25) is 0 Å². The number of ether oxygens (including phenoxy) is 3. The van der Waals surface area contributed by atoms with Gasteiger partial charge in [0.05, 0.1) is 51.3 Å². The number of piperazine rings is 1. The summed E-state index contributed by atoms with van der Waals surface area (Å²) >= 11 is 1.56. The fraction of sp³-hybridized carbons (Fsp3) is 0.485. The second-order valence-electron chi connectivity index (χ2n) is 26.0. The van der Waals surface area contributed by atoms with Crippen LogP contribution in [0.1, 0.15) is 95.5 Å². The summed E-state index contributed by atoms with van der Waals surface area (Å²) in [5.74, 6) is -0.255. The number of aryl methyl sites for hydroxylation is 1. The van der Waals surface area contributed by atoms with Gasteiger partial charge in [0.15, 0.2) is 5.82 Å². The number of benzene rings is 3. The Kier molecular flexibility index (Phi) is 17.1. The van der Waals surface area contributed by atoms with Gasteiger partial charge < -0.3 is 55.1 Å². The van der Waals surface area contributed by atoms with Crippen molar-refractivity contribution in [3.8, 4) is 45.8 Å². The van der Waals surface area contributed by atoms with Crippen LogP contribution in [0.3, 0.4) is 0 Å². The van der Waals surface area contributed by atoms with Gasteiger partial charge in [0, 0.05) is 86.9 Å². The van der Waals surface area contributed by atoms with Crippen molar-refractivity contribution in [1.82, 2.24) is 50.6 Å². The topological polar surface area (TPSA) is 237 Å². The third-order valence-corrected chi connectivity index (χ3v) is 19.6. The standard InChI is InChI=1S/C66H75F2N11O9S/c1-8-48-51(67)16-13-42-21-46(80)22-49(54(42)48)56-55(68)57-50(25-69-56)60(77-28-43-14-15-44(29-77)72-43)75-63(74-57)88-34-66-19-17-45(79(66)26-36(2)24-66)32-87-64(85)76-20-18-39(27-76)31-86-33-53(82)73-59(65(5,6)7)62(84)78-30-47(81)23-52(78)61(83)71-37(3)40-9-11-41(12-10-40)58-38(4)70-35-89-58/h1,9-13,16,21-22,25,35,37,39,43-45,47,52,59,72,80-81H,2,14-15,17-20,23-24,26-34H2,3-7H3,(H,71,83)(H,73,82)/t37-,39?,43?,44?,45-,47+,52-,59+,66?/m0/s1. The summed E-state index contributed by atoms with van der Waals surface area (Å²) in [6.45, 7) is 16.3. The Morgan fingerprint density at radius 1 is 0.989 bits per heavy atom. The number of nitrogens with one attached hydrogen (secondary N) is 3. The van der Waals surface area contributed by atoms with Gasteiger partial charge in [-0.2, -0.15) is 9.97 Å². The third-order valence-electron chi connectivity index (χ3n) is 18.6. The lowest BCUT2D eigenvalue weighted by Crippen LogP contribution is -2.58. The van der Waals surface area contributed by atoms with Crippen LogP contribution in [-0.2, 0) is 23.9 Å². The molecule has 4 unspecified atom stereocenters. The number of hydrogen-bond donors (Lipinski definition) is 5. The highest BCUT2D eigenvalue weighted by Gasteiger charge is 2.52. The average Bonchev–Trinajstić information content (AvgIpc) is 1.67. The Balaban J connectivity index is 0.646. The first-order valence-corrected chi connectivity index (χ1v) is 31.4. The minimum absolute atomic E-state index is 0.0351. The van der Waals surface area contributed by atoms with Crippen LogP contribution >= 0.6 is 11.3 Å². The number of halogens is 2. The van der Waals surface area contributed by atoms with E-state index in [0.717, 1.165) is 40.1 Å². The van der Waals surface area contributed by atoms with Gasteiger partial charge in [-0.05, 0) is 92.5 Å². The highest BCUT2D eigenvalue weighted by molar-refractivity contribution is 7.13. The number of aromatic nitrogens is 4. The first-order chi connectivity index (χ1) is 42.6. The van der Waals surface area contributed by atoms with Crippen molar-refractivity contribution >= 4 is 62.6 Å². The summed E-state index contributed by atoms with van der Waals surface area (Å²) in [6.07, 6.45) is 10.6. The molecule has 6 fully saturated rings. The summed E-state index contributed by atoms with van der Waals surface area (Å²) in [5.41, 5.74) is 4.15. The lowest BCUT2D eigenvalue weighted by Gasteiger charge is -2.35. The zero-order chi connectivity index (χ0) is 62.6. The number of anilines is 1. The predicted molar refractivity (Wildman–Crippen MR) is 332 cm³/mol. The molecule has 5 N–H and O–H groups in total. The SMILES string of the molecule is C#Cc1c(F)ccc2cc(O)cc(-c3ncc4c(N5CC6CCC(C5)N6)nc(OCC56CC[C@@H](COC(=O)N7CCC(COCC(=O)N[C@H](C(=O)N8C[C@H](O)C[C@H]8C(=O)N[C@@H](C)c8ccc(-c9scnc9C)cc8)C(C)(C)C)C7)N5CC(=C)C6)nc4c3F)c12. The number of pyridine rings is 1. The number of phenols is 1. The first-order valence-electron chi connectivity index (χ1n) is 30.6. The average molecular weight is 1240 g/mol. The van der Waals surface area contributed by atoms with E-state index < -0.39 is 64.6 Å². The molecule has 9 heterocycles. The fourth-order valence-electron chi connectivity index (χ4n) is 14.1. The number of aliphatic hydroxyl groups is 1. The maximum Gasteiger partial charge on any atom is 0.409 e. The zero-order valence-corrected chi connectivity index (χ0v) is 51.5. The van der Waals surface area contributed by atoms with E-state index >= 15 is 8.78 Å². The second kappa shape index (κ2) is 24.8. The first kappa shape index (κ1) is 61.4. The molecule has 3 aromatic heterocycles. The van der Waals surface area contributed by atoms with Gasteiger partial charge in [0.25, 0.3) is 0 Å². The molecule has 9 atom stereocenters. The van der Waals surface area contributed by atoms with Crippen molar-refractivity contribution in [3.63, 3.8) is 0 Å². The molecule has 0 aliphatic carbocycles. The Labute approximate surface area is 519 Å². The minimum Gasteiger partial charge on any atom is -0.508 e. The van der Waals surface area contributed by atoms with E-state index in [-0.39, 0.29) is 109 Å². The van der Waals surface area contributed by atoms with E-state index in [2.05, 4.69) is 48.2 Å². The van der Waals surface area contributed by atoms with E-state index in [1.807, 2.05) is 58.9 Å². The number of carbonyl (C=O) groups excluding carboxylic acids is 4. The van der Waals surface area contributed by atoms with Gasteiger partial charge in [0.1, 0.15) is 60.5 Å². The lowest BCUT2D eigenvalue weighted by molar-refractivity contribution is -0.144. The van der Waals surface area contributed by atoms with E-state index in [4.69, 9.17) is 30.6 Å². The molecular weight excluding hydrogens is 1160 g/mol. The molecule has 6 aromatic rings. The number of carbonyl (C=O) groups is 4. The summed E-state index contributed by atoms with van der Waals surface area (Å²) in [4.78, 5) is 82.3. The van der Waals surface area contributed by atoms with Gasteiger partial charge in [-0.3, -0.25) is 24.3 Å². The third kappa shape index (κ3) is 12.5. The lowest BCUT2D eigenvalue weighted by atomic mass is 9.85. The number of thiazole rings is 1. The van der Waals surface area contributed by atoms with Crippen molar-refractivity contribution < 1.29 is 52.4 Å². The molecule has 23 heteroatoms. The number of terminal acetylenes is 1. The van der Waals surface area contributed by atoms with Crippen LogP contribution in [0.25, 0.3) is 43.4 Å². The molecule has 468 valence electrons. The summed E-state index contributed by atoms with van der Waals surface area (Å²) in [6, 6.07) is 11.2. The van der Waals surface area contributed by atoms with Crippen LogP contribution in [0, 0.1) is 42.2 Å². The highest BCUT2D eigenvalue weighted by Crippen LogP contribution is 2.46. The molecule has 4 amide bonds. The normalized spacial score (nSPS) is 24.1. The number of aliphatic hydroxyl groups excluding tert-OH is 1. The van der Waals surface area contributed by atoms with E-state index in [0.29, 0.717) is 75.0 Å². The van der Waals surface area contributed by atoms with Gasteiger partial charge in [-0.25, -0.2) is 18.6 Å². The van der Waals surface area contributed by atoms with Gasteiger partial charge in [-0.15, -0.1) is 17.8 Å². The van der Waals surface area contributed by atoms with Crippen LogP contribution in [0.5, 0.6) is 11.8 Å². The van der Waals surface area contributed by atoms with Crippen LogP contribution in [-0.4, -0.2) is 176 Å². The molecule has 2 bridgehead atoms. The maximum atomic E-state index is 17.3. The number of nitrogens with zero attached hydrogens (tertiary/aromatic N) is 8. The molecule has 12 rings (SSSR count). The van der Waals surface area contributed by atoms with Gasteiger partial charge in [-0.1, -0.05) is 69.2 Å². The smallest absolute Gasteiger partial charge is 0.409 e.